The molecule has 6 atom stereocenters. The number of hydrogen-bond donors (Lipinski definition) is 3. The molecule has 0 aliphatic heterocycles. The number of unbranched alkanes of at least 4 members (excludes halogenated alkanes) is 49. The topological polar surface area (TPSA) is 237 Å². The summed E-state index contributed by atoms with van der Waals surface area (Å²) in [4.78, 5) is 73.0. The number of carbonyl (C=O) groups excluding carboxylic acids is 4. The van der Waals surface area contributed by atoms with Gasteiger partial charge in [0.15, 0.2) is 12.2 Å². The zero-order chi connectivity index (χ0) is 71.2. The molecule has 0 aliphatic rings. The van der Waals surface area contributed by atoms with Crippen molar-refractivity contribution < 1.29 is 80.2 Å². The Morgan fingerprint density at radius 3 is 0.732 bits per heavy atom. The first-order valence-electron chi connectivity index (χ1n) is 40.7. The molecule has 0 aromatic heterocycles. The minimum Gasteiger partial charge on any atom is -0.462 e. The molecule has 0 heterocycles. The number of phosphoric ester groups is 2. The molecule has 0 rings (SSSR count). The molecule has 576 valence electrons. The summed E-state index contributed by atoms with van der Waals surface area (Å²) in [6.45, 7) is 7.33. The van der Waals surface area contributed by atoms with E-state index in [1.165, 1.54) is 238 Å². The van der Waals surface area contributed by atoms with Crippen molar-refractivity contribution in [3.05, 3.63) is 0 Å². The molecule has 0 amide bonds. The molecule has 0 radical (unpaired) electrons. The first-order chi connectivity index (χ1) is 47.1. The van der Waals surface area contributed by atoms with Crippen LogP contribution in [0.1, 0.15) is 413 Å². The van der Waals surface area contributed by atoms with E-state index in [0.29, 0.717) is 25.7 Å². The first-order valence-corrected chi connectivity index (χ1v) is 43.7. The van der Waals surface area contributed by atoms with Crippen molar-refractivity contribution in [2.45, 2.75) is 432 Å². The number of rotatable bonds is 78. The average molecular weight is 1420 g/mol. The van der Waals surface area contributed by atoms with Crippen LogP contribution in [0.2, 0.25) is 0 Å². The Hall–Kier alpha value is -1.94. The van der Waals surface area contributed by atoms with E-state index in [1.54, 1.807) is 0 Å². The Bertz CT molecular complexity index is 1860. The predicted molar refractivity (Wildman–Crippen MR) is 395 cm³/mol. The van der Waals surface area contributed by atoms with E-state index in [9.17, 15) is 43.2 Å². The fraction of sp³-hybridized carbons (Fsp3) is 0.949. The number of esters is 4. The minimum atomic E-state index is -4.96. The molecule has 0 aromatic carbocycles. The van der Waals surface area contributed by atoms with E-state index < -0.39 is 97.5 Å². The highest BCUT2D eigenvalue weighted by molar-refractivity contribution is 7.47. The summed E-state index contributed by atoms with van der Waals surface area (Å²) in [7, 11) is -9.91. The summed E-state index contributed by atoms with van der Waals surface area (Å²) in [5.41, 5.74) is 0. The lowest BCUT2D eigenvalue weighted by molar-refractivity contribution is -0.161. The molecule has 0 fully saturated rings. The third-order valence-corrected chi connectivity index (χ3v) is 20.5. The fourth-order valence-corrected chi connectivity index (χ4v) is 13.6. The number of aliphatic hydroxyl groups excluding tert-OH is 1. The van der Waals surface area contributed by atoms with Gasteiger partial charge in [-0.25, -0.2) is 9.13 Å². The van der Waals surface area contributed by atoms with Crippen molar-refractivity contribution in [3.63, 3.8) is 0 Å². The Kier molecular flexibility index (Phi) is 69.6. The van der Waals surface area contributed by atoms with Gasteiger partial charge in [-0.15, -0.1) is 0 Å². The maximum Gasteiger partial charge on any atom is 0.472 e. The number of hydrogen-bond acceptors (Lipinski definition) is 15. The van der Waals surface area contributed by atoms with Crippen molar-refractivity contribution in [1.29, 1.82) is 0 Å². The van der Waals surface area contributed by atoms with Gasteiger partial charge in [-0.2, -0.15) is 0 Å². The predicted octanol–water partition coefficient (Wildman–Crippen LogP) is 23.3. The standard InChI is InChI=1S/C78H152O17P2/c1-6-10-13-16-19-22-25-28-31-34-37-40-46-51-56-61-75(80)88-67-73(94-77(82)63-58-53-48-41-38-35-32-29-26-23-20-17-14-11-7-2)69-92-96(84,85)90-65-72(79)66-91-97(86,87)93-70-74(68-89-76(81)62-57-52-47-44-43-45-50-55-60-71(5)9-4)95-78(83)64-59-54-49-42-39-36-33-30-27-24-21-18-15-12-8-3/h71-74,79H,6-70H2,1-5H3,(H,84,85)(H,86,87)/t71?,72-,73-,74-/m1/s1. The lowest BCUT2D eigenvalue weighted by Gasteiger charge is -2.21. The number of phosphoric acid groups is 2. The molecular weight excluding hydrogens is 1270 g/mol. The summed E-state index contributed by atoms with van der Waals surface area (Å²) in [5, 5.41) is 10.6. The lowest BCUT2D eigenvalue weighted by atomic mass is 9.99. The van der Waals surface area contributed by atoms with Crippen LogP contribution in [0.25, 0.3) is 0 Å². The van der Waals surface area contributed by atoms with Crippen LogP contribution in [0.4, 0.5) is 0 Å². The van der Waals surface area contributed by atoms with Crippen LogP contribution in [0.15, 0.2) is 0 Å². The monoisotopic (exact) mass is 1420 g/mol. The summed E-state index contributed by atoms with van der Waals surface area (Å²) >= 11 is 0. The van der Waals surface area contributed by atoms with E-state index in [2.05, 4.69) is 34.6 Å². The van der Waals surface area contributed by atoms with E-state index in [4.69, 9.17) is 37.0 Å². The highest BCUT2D eigenvalue weighted by Crippen LogP contribution is 2.45. The third kappa shape index (κ3) is 70.9. The average Bonchev–Trinajstić information content (AvgIpc) is 1.07. The van der Waals surface area contributed by atoms with Gasteiger partial charge in [0, 0.05) is 25.7 Å². The van der Waals surface area contributed by atoms with Crippen molar-refractivity contribution >= 4 is 39.5 Å². The summed E-state index contributed by atoms with van der Waals surface area (Å²) < 4.78 is 68.7. The minimum absolute atomic E-state index is 0.108. The third-order valence-electron chi connectivity index (χ3n) is 18.6. The highest BCUT2D eigenvalue weighted by Gasteiger charge is 2.30. The maximum atomic E-state index is 13.1. The molecule has 0 aliphatic carbocycles. The molecule has 17 nitrogen and oxygen atoms in total. The normalized spacial score (nSPS) is 14.2. The molecular formula is C78H152O17P2. The highest BCUT2D eigenvalue weighted by atomic mass is 31.2. The van der Waals surface area contributed by atoms with Gasteiger partial charge >= 0.3 is 39.5 Å². The zero-order valence-corrected chi connectivity index (χ0v) is 65.0. The van der Waals surface area contributed by atoms with Crippen LogP contribution in [0.3, 0.4) is 0 Å². The Labute approximate surface area is 594 Å². The van der Waals surface area contributed by atoms with Gasteiger partial charge < -0.3 is 33.8 Å². The zero-order valence-electron chi connectivity index (χ0n) is 63.2. The molecule has 0 bridgehead atoms. The molecule has 19 heteroatoms. The van der Waals surface area contributed by atoms with Gasteiger partial charge in [0.25, 0.3) is 0 Å². The molecule has 3 N–H and O–H groups in total. The van der Waals surface area contributed by atoms with E-state index in [1.807, 2.05) is 0 Å². The van der Waals surface area contributed by atoms with Gasteiger partial charge in [-0.3, -0.25) is 37.3 Å². The molecule has 3 unspecified atom stereocenters. The van der Waals surface area contributed by atoms with Gasteiger partial charge in [-0.1, -0.05) is 362 Å². The van der Waals surface area contributed by atoms with Gasteiger partial charge in [-0.05, 0) is 31.6 Å². The summed E-state index contributed by atoms with van der Waals surface area (Å²) in [5.74, 6) is -1.33. The van der Waals surface area contributed by atoms with E-state index in [0.717, 1.165) is 95.8 Å². The molecule has 0 saturated carbocycles. The molecule has 0 spiro atoms. The van der Waals surface area contributed by atoms with Crippen molar-refractivity contribution in [3.8, 4) is 0 Å². The van der Waals surface area contributed by atoms with Crippen molar-refractivity contribution in [2.24, 2.45) is 5.92 Å². The second kappa shape index (κ2) is 71.1. The van der Waals surface area contributed by atoms with Gasteiger partial charge in [0.2, 0.25) is 0 Å². The summed E-state index contributed by atoms with van der Waals surface area (Å²) in [6, 6.07) is 0. The Morgan fingerprint density at radius 2 is 0.495 bits per heavy atom. The van der Waals surface area contributed by atoms with Crippen LogP contribution in [-0.2, 0) is 65.4 Å². The van der Waals surface area contributed by atoms with Crippen LogP contribution < -0.4 is 0 Å². The Morgan fingerprint density at radius 1 is 0.289 bits per heavy atom. The van der Waals surface area contributed by atoms with E-state index >= 15 is 0 Å². The second-order valence-corrected chi connectivity index (χ2v) is 31.3. The van der Waals surface area contributed by atoms with Gasteiger partial charge in [0.05, 0.1) is 26.4 Å². The smallest absolute Gasteiger partial charge is 0.462 e. The second-order valence-electron chi connectivity index (χ2n) is 28.3. The SMILES string of the molecule is CCCCCCCCCCCCCCCCCC(=O)OC[C@H](COP(=O)(O)OC[C@@H](O)COP(=O)(O)OC[C@@H](COC(=O)CCCCCCCCCCC(C)CC)OC(=O)CCCCCCCCCCCCCCCCC)OC(=O)CCCCCCCCCCCCCCCCC. The maximum absolute atomic E-state index is 13.1. The quantitative estimate of drug-likeness (QED) is 0.0222. The Balaban J connectivity index is 5.27. The van der Waals surface area contributed by atoms with Crippen LogP contribution in [-0.4, -0.2) is 96.7 Å². The lowest BCUT2D eigenvalue weighted by Crippen LogP contribution is -2.30. The van der Waals surface area contributed by atoms with Crippen molar-refractivity contribution in [2.75, 3.05) is 39.6 Å². The van der Waals surface area contributed by atoms with Crippen molar-refractivity contribution in [1.82, 2.24) is 0 Å². The number of carbonyl (C=O) groups is 4. The first kappa shape index (κ1) is 95.1. The van der Waals surface area contributed by atoms with Crippen LogP contribution in [0, 0.1) is 5.92 Å². The fourth-order valence-electron chi connectivity index (χ4n) is 12.0. The van der Waals surface area contributed by atoms with E-state index in [-0.39, 0.29) is 25.7 Å². The molecule has 0 aromatic rings. The molecule has 0 saturated heterocycles. The van der Waals surface area contributed by atoms with Crippen LogP contribution in [0.5, 0.6) is 0 Å². The number of ether oxygens (including phenoxy) is 4. The molecule has 97 heavy (non-hydrogen) atoms. The van der Waals surface area contributed by atoms with Crippen LogP contribution >= 0.6 is 15.6 Å². The largest absolute Gasteiger partial charge is 0.472 e. The van der Waals surface area contributed by atoms with Gasteiger partial charge in [0.1, 0.15) is 19.3 Å². The number of aliphatic hydroxyl groups is 1. The summed E-state index contributed by atoms with van der Waals surface area (Å²) in [6.07, 6.45) is 60.8.